The number of rotatable bonds is 3. The molecule has 1 aromatic heterocycles. The van der Waals surface area contributed by atoms with E-state index in [1.807, 2.05) is 22.8 Å². The van der Waals surface area contributed by atoms with E-state index >= 15 is 0 Å². The fraction of sp³-hybridized carbons (Fsp3) is 0.125. The van der Waals surface area contributed by atoms with Gasteiger partial charge in [-0.25, -0.2) is 0 Å². The molecule has 1 heterocycles. The lowest BCUT2D eigenvalue weighted by atomic mass is 10.1. The van der Waals surface area contributed by atoms with E-state index in [4.69, 9.17) is 0 Å². The Bertz CT molecular complexity index is 671. The van der Waals surface area contributed by atoms with Gasteiger partial charge in [0.05, 0.1) is 0 Å². The molecule has 0 aliphatic rings. The highest BCUT2D eigenvalue weighted by Crippen LogP contribution is 2.15. The molecular formula is C16H15N3. The molecule has 0 unspecified atom stereocenters. The molecule has 0 bridgehead atoms. The van der Waals surface area contributed by atoms with E-state index in [9.17, 15) is 0 Å². The maximum atomic E-state index is 4.24. The molecule has 0 spiro atoms. The largest absolute Gasteiger partial charge is 0.285 e. The van der Waals surface area contributed by atoms with Crippen LogP contribution in [-0.2, 0) is 6.42 Å². The summed E-state index contributed by atoms with van der Waals surface area (Å²) in [6.07, 6.45) is 2.56. The van der Waals surface area contributed by atoms with Crippen molar-refractivity contribution in [2.24, 2.45) is 0 Å². The van der Waals surface area contributed by atoms with Gasteiger partial charge in [0.2, 0.25) is 0 Å². The van der Waals surface area contributed by atoms with Crippen LogP contribution in [-0.4, -0.2) is 14.8 Å². The molecule has 3 aromatic rings. The molecule has 19 heavy (non-hydrogen) atoms. The van der Waals surface area contributed by atoms with E-state index < -0.39 is 0 Å². The number of nitrogens with zero attached hydrogens (tertiary/aromatic N) is 3. The van der Waals surface area contributed by atoms with Gasteiger partial charge >= 0.3 is 0 Å². The molecule has 0 saturated carbocycles. The molecule has 0 atom stereocenters. The first-order chi connectivity index (χ1) is 9.34. The van der Waals surface area contributed by atoms with Crippen molar-refractivity contribution >= 4 is 0 Å². The molecule has 0 aliphatic carbocycles. The lowest BCUT2D eigenvalue weighted by Gasteiger charge is -2.08. The van der Waals surface area contributed by atoms with Crippen molar-refractivity contribution < 1.29 is 0 Å². The molecule has 0 N–H and O–H groups in total. The van der Waals surface area contributed by atoms with Crippen LogP contribution in [0.3, 0.4) is 0 Å². The van der Waals surface area contributed by atoms with Crippen LogP contribution in [0.25, 0.3) is 5.69 Å². The fourth-order valence-corrected chi connectivity index (χ4v) is 2.16. The van der Waals surface area contributed by atoms with Crippen LogP contribution in [0.2, 0.25) is 0 Å². The Hall–Kier alpha value is -2.42. The molecule has 0 fully saturated rings. The molecular weight excluding hydrogens is 234 g/mol. The van der Waals surface area contributed by atoms with Crippen molar-refractivity contribution in [1.82, 2.24) is 14.8 Å². The number of para-hydroxylation sites is 1. The average Bonchev–Trinajstić information content (AvgIpc) is 2.91. The Kier molecular flexibility index (Phi) is 3.11. The first kappa shape index (κ1) is 11.7. The van der Waals surface area contributed by atoms with E-state index in [0.29, 0.717) is 0 Å². The summed E-state index contributed by atoms with van der Waals surface area (Å²) < 4.78 is 2.03. The lowest BCUT2D eigenvalue weighted by molar-refractivity contribution is 0.901. The van der Waals surface area contributed by atoms with Crippen LogP contribution >= 0.6 is 0 Å². The molecule has 3 nitrogen and oxygen atoms in total. The fourth-order valence-electron chi connectivity index (χ4n) is 2.16. The van der Waals surface area contributed by atoms with Crippen molar-refractivity contribution in [3.63, 3.8) is 0 Å². The summed E-state index contributed by atoms with van der Waals surface area (Å²) in [6, 6.07) is 18.5. The molecule has 3 rings (SSSR count). The third-order valence-corrected chi connectivity index (χ3v) is 3.26. The summed E-state index contributed by atoms with van der Waals surface area (Å²) in [4.78, 5) is 0. The lowest BCUT2D eigenvalue weighted by Crippen LogP contribution is -2.02. The number of aromatic nitrogens is 3. The zero-order valence-corrected chi connectivity index (χ0v) is 10.8. The van der Waals surface area contributed by atoms with E-state index in [-0.39, 0.29) is 0 Å². The number of aryl methyl sites for hydroxylation is 1. The maximum absolute atomic E-state index is 4.24. The minimum atomic E-state index is 0.793. The minimum Gasteiger partial charge on any atom is -0.285 e. The Morgan fingerprint density at radius 3 is 2.47 bits per heavy atom. The topological polar surface area (TPSA) is 30.7 Å². The van der Waals surface area contributed by atoms with Gasteiger partial charge in [0, 0.05) is 12.1 Å². The van der Waals surface area contributed by atoms with E-state index in [1.165, 1.54) is 11.1 Å². The van der Waals surface area contributed by atoms with Crippen LogP contribution in [0.5, 0.6) is 0 Å². The quantitative estimate of drug-likeness (QED) is 0.713. The van der Waals surface area contributed by atoms with Gasteiger partial charge in [-0.1, -0.05) is 42.5 Å². The van der Waals surface area contributed by atoms with Gasteiger partial charge in [-0.15, -0.1) is 10.2 Å². The molecule has 0 amide bonds. The van der Waals surface area contributed by atoms with Gasteiger partial charge in [-0.3, -0.25) is 4.57 Å². The number of hydrogen-bond donors (Lipinski definition) is 0. The van der Waals surface area contributed by atoms with E-state index in [2.05, 4.69) is 53.5 Å². The maximum Gasteiger partial charge on any atom is 0.141 e. The van der Waals surface area contributed by atoms with Gasteiger partial charge in [0.15, 0.2) is 0 Å². The minimum absolute atomic E-state index is 0.793. The van der Waals surface area contributed by atoms with Crippen molar-refractivity contribution in [2.75, 3.05) is 0 Å². The molecule has 2 aromatic carbocycles. The second-order valence-electron chi connectivity index (χ2n) is 4.56. The first-order valence-electron chi connectivity index (χ1n) is 6.33. The predicted molar refractivity (Wildman–Crippen MR) is 75.3 cm³/mol. The smallest absolute Gasteiger partial charge is 0.141 e. The van der Waals surface area contributed by atoms with Crippen molar-refractivity contribution in [2.45, 2.75) is 13.3 Å². The third-order valence-electron chi connectivity index (χ3n) is 3.26. The van der Waals surface area contributed by atoms with Gasteiger partial charge in [-0.2, -0.15) is 0 Å². The zero-order chi connectivity index (χ0) is 13.1. The van der Waals surface area contributed by atoms with Gasteiger partial charge < -0.3 is 0 Å². The Labute approximate surface area is 112 Å². The second kappa shape index (κ2) is 5.06. The highest BCUT2D eigenvalue weighted by Gasteiger charge is 2.08. The second-order valence-corrected chi connectivity index (χ2v) is 4.56. The average molecular weight is 249 g/mol. The third kappa shape index (κ3) is 2.40. The summed E-state index contributed by atoms with van der Waals surface area (Å²) >= 11 is 0. The van der Waals surface area contributed by atoms with Gasteiger partial charge in [-0.05, 0) is 30.2 Å². The molecule has 3 heteroatoms. The summed E-state index contributed by atoms with van der Waals surface area (Å²) in [5.74, 6) is 0.959. The molecule has 0 aliphatic heterocycles. The normalized spacial score (nSPS) is 10.6. The highest BCUT2D eigenvalue weighted by molar-refractivity contribution is 5.34. The van der Waals surface area contributed by atoms with Crippen LogP contribution in [0.1, 0.15) is 17.0 Å². The molecule has 94 valence electrons. The summed E-state index contributed by atoms with van der Waals surface area (Å²) in [6.45, 7) is 2.12. The van der Waals surface area contributed by atoms with E-state index in [1.54, 1.807) is 6.33 Å². The highest BCUT2D eigenvalue weighted by atomic mass is 15.3. The first-order valence-corrected chi connectivity index (χ1v) is 6.33. The molecule has 0 saturated heterocycles. The number of benzene rings is 2. The Morgan fingerprint density at radius 2 is 1.68 bits per heavy atom. The summed E-state index contributed by atoms with van der Waals surface area (Å²) in [5, 5.41) is 8.28. The zero-order valence-electron chi connectivity index (χ0n) is 10.8. The van der Waals surface area contributed by atoms with Gasteiger partial charge in [0.25, 0.3) is 0 Å². The summed E-state index contributed by atoms with van der Waals surface area (Å²) in [5.41, 5.74) is 3.66. The van der Waals surface area contributed by atoms with Crippen LogP contribution in [0.4, 0.5) is 0 Å². The van der Waals surface area contributed by atoms with Crippen LogP contribution in [0.15, 0.2) is 60.9 Å². The van der Waals surface area contributed by atoms with Crippen molar-refractivity contribution in [1.29, 1.82) is 0 Å². The van der Waals surface area contributed by atoms with Crippen molar-refractivity contribution in [3.05, 3.63) is 77.9 Å². The summed E-state index contributed by atoms with van der Waals surface area (Å²) in [7, 11) is 0. The van der Waals surface area contributed by atoms with Crippen LogP contribution < -0.4 is 0 Å². The predicted octanol–water partition coefficient (Wildman–Crippen LogP) is 3.17. The van der Waals surface area contributed by atoms with Gasteiger partial charge in [0.1, 0.15) is 12.2 Å². The van der Waals surface area contributed by atoms with E-state index in [0.717, 1.165) is 17.9 Å². The van der Waals surface area contributed by atoms with Crippen molar-refractivity contribution in [3.8, 4) is 5.69 Å². The molecule has 0 radical (unpaired) electrons. The SMILES string of the molecule is Cc1ccccc1Cc1nncn1-c1ccccc1. The monoisotopic (exact) mass is 249 g/mol. The number of hydrogen-bond acceptors (Lipinski definition) is 2. The Morgan fingerprint density at radius 1 is 0.947 bits per heavy atom. The Balaban J connectivity index is 1.96. The standard InChI is InChI=1S/C16H15N3/c1-13-7-5-6-8-14(13)11-16-18-17-12-19(16)15-9-3-2-4-10-15/h2-10,12H,11H2,1H3. The van der Waals surface area contributed by atoms with Crippen LogP contribution in [0, 0.1) is 6.92 Å².